The first-order valence-electron chi connectivity index (χ1n) is 8.72. The van der Waals surface area contributed by atoms with Crippen molar-refractivity contribution in [2.75, 3.05) is 28.3 Å². The SMILES string of the molecule is CCN(C(=O)CSCC(=O)Nc1ccc(C)c(C)c1)c1cccc(C)c1. The number of nitrogens with one attached hydrogen (secondary N) is 1. The first-order valence-corrected chi connectivity index (χ1v) is 9.88. The molecule has 4 nitrogen and oxygen atoms in total. The Kier molecular flexibility index (Phi) is 7.27. The monoisotopic (exact) mass is 370 g/mol. The van der Waals surface area contributed by atoms with Crippen LogP contribution in [0.2, 0.25) is 0 Å². The molecule has 1 N–H and O–H groups in total. The highest BCUT2D eigenvalue weighted by Crippen LogP contribution is 2.18. The van der Waals surface area contributed by atoms with Gasteiger partial charge in [-0.3, -0.25) is 9.59 Å². The lowest BCUT2D eigenvalue weighted by atomic mass is 10.1. The first kappa shape index (κ1) is 20.0. The molecule has 0 aliphatic heterocycles. The Labute approximate surface area is 160 Å². The summed E-state index contributed by atoms with van der Waals surface area (Å²) >= 11 is 1.34. The normalized spacial score (nSPS) is 10.5. The molecule has 0 unspecified atom stereocenters. The molecule has 0 spiro atoms. The zero-order chi connectivity index (χ0) is 19.1. The number of aryl methyl sites for hydroxylation is 3. The molecule has 0 aliphatic carbocycles. The van der Waals surface area contributed by atoms with Gasteiger partial charge in [-0.15, -0.1) is 11.8 Å². The van der Waals surface area contributed by atoms with E-state index >= 15 is 0 Å². The number of anilines is 2. The molecule has 2 amide bonds. The number of amides is 2. The van der Waals surface area contributed by atoms with Gasteiger partial charge in [-0.05, 0) is 68.7 Å². The molecule has 0 heterocycles. The number of rotatable bonds is 7. The van der Waals surface area contributed by atoms with Crippen molar-refractivity contribution < 1.29 is 9.59 Å². The van der Waals surface area contributed by atoms with Gasteiger partial charge in [0.05, 0.1) is 11.5 Å². The molecule has 138 valence electrons. The highest BCUT2D eigenvalue weighted by Gasteiger charge is 2.14. The largest absolute Gasteiger partial charge is 0.325 e. The number of carbonyl (C=O) groups excluding carboxylic acids is 2. The van der Waals surface area contributed by atoms with Crippen LogP contribution in [-0.2, 0) is 9.59 Å². The highest BCUT2D eigenvalue weighted by atomic mass is 32.2. The summed E-state index contributed by atoms with van der Waals surface area (Å²) in [7, 11) is 0. The van der Waals surface area contributed by atoms with E-state index in [1.54, 1.807) is 4.90 Å². The van der Waals surface area contributed by atoms with E-state index in [0.717, 1.165) is 22.5 Å². The van der Waals surface area contributed by atoms with E-state index in [-0.39, 0.29) is 23.3 Å². The second-order valence-electron chi connectivity index (χ2n) is 6.32. The number of nitrogens with zero attached hydrogens (tertiary/aromatic N) is 1. The van der Waals surface area contributed by atoms with Gasteiger partial charge in [0.1, 0.15) is 0 Å². The van der Waals surface area contributed by atoms with Crippen molar-refractivity contribution in [3.8, 4) is 0 Å². The molecule has 0 bridgehead atoms. The molecule has 0 aromatic heterocycles. The van der Waals surface area contributed by atoms with E-state index in [9.17, 15) is 9.59 Å². The molecule has 0 saturated heterocycles. The summed E-state index contributed by atoms with van der Waals surface area (Å²) in [5.41, 5.74) is 5.15. The fraction of sp³-hybridized carbons (Fsp3) is 0.333. The smallest absolute Gasteiger partial charge is 0.236 e. The van der Waals surface area contributed by atoms with Crippen molar-refractivity contribution in [3.05, 3.63) is 59.2 Å². The van der Waals surface area contributed by atoms with Crippen molar-refractivity contribution in [2.45, 2.75) is 27.7 Å². The van der Waals surface area contributed by atoms with Crippen molar-refractivity contribution in [1.82, 2.24) is 0 Å². The Morgan fingerprint density at radius 3 is 2.42 bits per heavy atom. The Balaban J connectivity index is 1.84. The maximum absolute atomic E-state index is 12.5. The summed E-state index contributed by atoms with van der Waals surface area (Å²) < 4.78 is 0. The number of benzene rings is 2. The van der Waals surface area contributed by atoms with E-state index in [4.69, 9.17) is 0 Å². The maximum atomic E-state index is 12.5. The molecule has 2 rings (SSSR count). The highest BCUT2D eigenvalue weighted by molar-refractivity contribution is 8.00. The zero-order valence-corrected chi connectivity index (χ0v) is 16.7. The van der Waals surface area contributed by atoms with Gasteiger partial charge in [-0.1, -0.05) is 18.2 Å². The predicted molar refractivity (Wildman–Crippen MR) is 111 cm³/mol. The Hall–Kier alpha value is -2.27. The number of carbonyl (C=O) groups is 2. The number of hydrogen-bond acceptors (Lipinski definition) is 3. The molecule has 2 aromatic carbocycles. The Bertz CT molecular complexity index is 789. The molecule has 26 heavy (non-hydrogen) atoms. The van der Waals surface area contributed by atoms with Gasteiger partial charge in [-0.2, -0.15) is 0 Å². The molecule has 0 saturated carbocycles. The van der Waals surface area contributed by atoms with E-state index in [1.165, 1.54) is 17.3 Å². The second-order valence-corrected chi connectivity index (χ2v) is 7.30. The van der Waals surface area contributed by atoms with Crippen molar-refractivity contribution >= 4 is 35.0 Å². The van der Waals surface area contributed by atoms with Gasteiger partial charge in [0, 0.05) is 17.9 Å². The summed E-state index contributed by atoms with van der Waals surface area (Å²) in [4.78, 5) is 26.3. The first-order chi connectivity index (χ1) is 12.4. The van der Waals surface area contributed by atoms with E-state index < -0.39 is 0 Å². The standard InChI is InChI=1S/C21H26N2O2S/c1-5-23(19-8-6-7-15(2)11-19)21(25)14-26-13-20(24)22-18-10-9-16(3)17(4)12-18/h6-12H,5,13-14H2,1-4H3,(H,22,24). The quantitative estimate of drug-likeness (QED) is 0.789. The summed E-state index contributed by atoms with van der Waals surface area (Å²) in [6.07, 6.45) is 0. The molecule has 2 aromatic rings. The predicted octanol–water partition coefficient (Wildman–Crippen LogP) is 4.34. The van der Waals surface area contributed by atoms with Gasteiger partial charge >= 0.3 is 0 Å². The lowest BCUT2D eigenvalue weighted by Crippen LogP contribution is -2.32. The van der Waals surface area contributed by atoms with Gasteiger partial charge in [0.25, 0.3) is 0 Å². The van der Waals surface area contributed by atoms with Crippen molar-refractivity contribution in [1.29, 1.82) is 0 Å². The molecule has 0 radical (unpaired) electrons. The van der Waals surface area contributed by atoms with Crippen LogP contribution >= 0.6 is 11.8 Å². The van der Waals surface area contributed by atoms with E-state index in [0.29, 0.717) is 6.54 Å². The average Bonchev–Trinajstić information content (AvgIpc) is 2.59. The topological polar surface area (TPSA) is 49.4 Å². The lowest BCUT2D eigenvalue weighted by molar-refractivity contribution is -0.116. The van der Waals surface area contributed by atoms with E-state index in [1.807, 2.05) is 70.2 Å². The fourth-order valence-corrected chi connectivity index (χ4v) is 3.31. The van der Waals surface area contributed by atoms with Crippen LogP contribution in [0.5, 0.6) is 0 Å². The molecular weight excluding hydrogens is 344 g/mol. The third-order valence-electron chi connectivity index (χ3n) is 4.18. The average molecular weight is 371 g/mol. The van der Waals surface area contributed by atoms with Crippen LogP contribution < -0.4 is 10.2 Å². The zero-order valence-electron chi connectivity index (χ0n) is 15.8. The molecule has 5 heteroatoms. The van der Waals surface area contributed by atoms with Crippen LogP contribution in [-0.4, -0.2) is 29.9 Å². The summed E-state index contributed by atoms with van der Waals surface area (Å²) in [5.74, 6) is 0.457. The van der Waals surface area contributed by atoms with Crippen LogP contribution in [0.3, 0.4) is 0 Å². The Morgan fingerprint density at radius 2 is 1.77 bits per heavy atom. The van der Waals surface area contributed by atoms with Crippen LogP contribution in [0.15, 0.2) is 42.5 Å². The maximum Gasteiger partial charge on any atom is 0.236 e. The van der Waals surface area contributed by atoms with Gasteiger partial charge in [0.15, 0.2) is 0 Å². The van der Waals surface area contributed by atoms with Crippen LogP contribution in [0.1, 0.15) is 23.6 Å². The van der Waals surface area contributed by atoms with Crippen LogP contribution in [0.25, 0.3) is 0 Å². The third kappa shape index (κ3) is 5.63. The second kappa shape index (κ2) is 9.43. The number of thioether (sulfide) groups is 1. The minimum atomic E-state index is -0.0929. The van der Waals surface area contributed by atoms with Crippen LogP contribution in [0, 0.1) is 20.8 Å². The van der Waals surface area contributed by atoms with Gasteiger partial charge < -0.3 is 10.2 Å². The molecule has 0 aliphatic rings. The minimum absolute atomic E-state index is 0.0158. The number of hydrogen-bond donors (Lipinski definition) is 1. The van der Waals surface area contributed by atoms with Crippen LogP contribution in [0.4, 0.5) is 11.4 Å². The summed E-state index contributed by atoms with van der Waals surface area (Å²) in [6, 6.07) is 13.7. The van der Waals surface area contributed by atoms with E-state index in [2.05, 4.69) is 5.32 Å². The van der Waals surface area contributed by atoms with Crippen molar-refractivity contribution in [3.63, 3.8) is 0 Å². The summed E-state index contributed by atoms with van der Waals surface area (Å²) in [5, 5.41) is 2.88. The Morgan fingerprint density at radius 1 is 1.00 bits per heavy atom. The molecule has 0 atom stereocenters. The van der Waals surface area contributed by atoms with Gasteiger partial charge in [0.2, 0.25) is 11.8 Å². The third-order valence-corrected chi connectivity index (χ3v) is 5.10. The van der Waals surface area contributed by atoms with Gasteiger partial charge in [-0.25, -0.2) is 0 Å². The molecule has 0 fully saturated rings. The minimum Gasteiger partial charge on any atom is -0.325 e. The summed E-state index contributed by atoms with van der Waals surface area (Å²) in [6.45, 7) is 8.63. The fourth-order valence-electron chi connectivity index (χ4n) is 2.62. The van der Waals surface area contributed by atoms with Crippen molar-refractivity contribution in [2.24, 2.45) is 0 Å². The molecular formula is C21H26N2O2S. The lowest BCUT2D eigenvalue weighted by Gasteiger charge is -2.21.